The van der Waals surface area contributed by atoms with E-state index in [4.69, 9.17) is 5.10 Å². The quantitative estimate of drug-likeness (QED) is 0.606. The highest BCUT2D eigenvalue weighted by molar-refractivity contribution is 8.14. The second-order valence-electron chi connectivity index (χ2n) is 7.95. The third kappa shape index (κ3) is 5.61. The number of carbonyl (C=O) groups excluding carboxylic acids is 1. The lowest BCUT2D eigenvalue weighted by Gasteiger charge is -2.08. The zero-order valence-electron chi connectivity index (χ0n) is 18.0. The van der Waals surface area contributed by atoms with Gasteiger partial charge in [0.05, 0.1) is 23.7 Å². The van der Waals surface area contributed by atoms with Crippen LogP contribution in [0.15, 0.2) is 70.2 Å². The molecule has 6 nitrogen and oxygen atoms in total. The van der Waals surface area contributed by atoms with Gasteiger partial charge >= 0.3 is 0 Å². The number of benzene rings is 1. The first kappa shape index (κ1) is 21.3. The monoisotopic (exact) mass is 433 g/mol. The van der Waals surface area contributed by atoms with E-state index in [1.807, 2.05) is 50.2 Å². The third-order valence-electron chi connectivity index (χ3n) is 5.32. The first-order chi connectivity index (χ1) is 15.0. The van der Waals surface area contributed by atoms with E-state index in [9.17, 15) is 4.79 Å². The number of carbonyl (C=O) groups is 1. The summed E-state index contributed by atoms with van der Waals surface area (Å²) < 4.78 is 1.78. The van der Waals surface area contributed by atoms with E-state index in [0.29, 0.717) is 24.7 Å². The van der Waals surface area contributed by atoms with Gasteiger partial charge in [0.1, 0.15) is 5.82 Å². The maximum atomic E-state index is 12.6. The van der Waals surface area contributed by atoms with Crippen molar-refractivity contribution in [1.82, 2.24) is 9.78 Å². The summed E-state index contributed by atoms with van der Waals surface area (Å²) in [5.74, 6) is 1.45. The maximum absolute atomic E-state index is 12.6. The number of nitrogens with one attached hydrogen (secondary N) is 1. The Balaban J connectivity index is 1.44. The predicted molar refractivity (Wildman–Crippen MR) is 129 cm³/mol. The molecular weight excluding hydrogens is 406 g/mol. The minimum absolute atomic E-state index is 0.0972. The van der Waals surface area contributed by atoms with Gasteiger partial charge in [-0.3, -0.25) is 9.79 Å². The van der Waals surface area contributed by atoms with Crippen LogP contribution < -0.4 is 5.32 Å². The second-order valence-corrected chi connectivity index (χ2v) is 8.90. The molecule has 31 heavy (non-hydrogen) atoms. The molecule has 0 radical (unpaired) electrons. The smallest absolute Gasteiger partial charge is 0.236 e. The van der Waals surface area contributed by atoms with Crippen LogP contribution in [0.5, 0.6) is 0 Å². The van der Waals surface area contributed by atoms with Gasteiger partial charge in [0.15, 0.2) is 5.17 Å². The summed E-state index contributed by atoms with van der Waals surface area (Å²) in [4.78, 5) is 21.7. The molecule has 1 N–H and O–H groups in total. The number of amides is 1. The zero-order chi connectivity index (χ0) is 21.8. The number of aromatic nitrogens is 2. The van der Waals surface area contributed by atoms with Crippen LogP contribution >= 0.6 is 11.8 Å². The Morgan fingerprint density at radius 2 is 2.06 bits per heavy atom. The Bertz CT molecular complexity index is 1080. The van der Waals surface area contributed by atoms with Gasteiger partial charge in [-0.1, -0.05) is 53.8 Å². The Morgan fingerprint density at radius 1 is 1.29 bits per heavy atom. The number of nitrogens with zero attached hydrogens (tertiary/aromatic N) is 4. The van der Waals surface area contributed by atoms with Crippen molar-refractivity contribution >= 4 is 34.4 Å². The lowest BCUT2D eigenvalue weighted by Crippen LogP contribution is -2.17. The average Bonchev–Trinajstić information content (AvgIpc) is 3.37. The van der Waals surface area contributed by atoms with E-state index in [2.05, 4.69) is 28.0 Å². The fraction of sp³-hybridized carbons (Fsp3) is 0.333. The van der Waals surface area contributed by atoms with Gasteiger partial charge in [0.25, 0.3) is 0 Å². The molecule has 1 aliphatic heterocycles. The number of amidine groups is 1. The number of allylic oxidation sites excluding steroid dienone is 3. The highest BCUT2D eigenvalue weighted by atomic mass is 32.2. The summed E-state index contributed by atoms with van der Waals surface area (Å²) in [6, 6.07) is 11.7. The van der Waals surface area contributed by atoms with Crippen molar-refractivity contribution in [3.05, 3.63) is 65.9 Å². The molecule has 0 atom stereocenters. The predicted octanol–water partition coefficient (Wildman–Crippen LogP) is 4.83. The van der Waals surface area contributed by atoms with Crippen molar-refractivity contribution in [2.24, 2.45) is 15.9 Å². The molecule has 1 fully saturated rings. The molecular formula is C24H27N5OS. The van der Waals surface area contributed by atoms with E-state index < -0.39 is 0 Å². The van der Waals surface area contributed by atoms with Gasteiger partial charge in [-0.05, 0) is 44.7 Å². The first-order valence-corrected chi connectivity index (χ1v) is 11.5. The molecule has 0 spiro atoms. The molecule has 4 rings (SSSR count). The summed E-state index contributed by atoms with van der Waals surface area (Å²) in [5.41, 5.74) is 5.13. The molecule has 0 saturated heterocycles. The molecule has 160 valence electrons. The van der Waals surface area contributed by atoms with Crippen molar-refractivity contribution in [2.45, 2.75) is 33.1 Å². The van der Waals surface area contributed by atoms with Crippen LogP contribution in [0, 0.1) is 5.92 Å². The van der Waals surface area contributed by atoms with E-state index in [-0.39, 0.29) is 11.7 Å². The van der Waals surface area contributed by atoms with Crippen LogP contribution in [0.1, 0.15) is 32.4 Å². The summed E-state index contributed by atoms with van der Waals surface area (Å²) >= 11 is 1.39. The summed E-state index contributed by atoms with van der Waals surface area (Å²) in [7, 11) is 0. The lowest BCUT2D eigenvalue weighted by molar-refractivity contribution is -0.113. The maximum Gasteiger partial charge on any atom is 0.236 e. The van der Waals surface area contributed by atoms with E-state index >= 15 is 0 Å². The molecule has 0 bridgehead atoms. The fourth-order valence-electron chi connectivity index (χ4n) is 3.18. The summed E-state index contributed by atoms with van der Waals surface area (Å²) in [6.45, 7) is 8.70. The number of thioether (sulfide) groups is 1. The van der Waals surface area contributed by atoms with Gasteiger partial charge in [-0.25, -0.2) is 9.67 Å². The van der Waals surface area contributed by atoms with Crippen LogP contribution in [-0.4, -0.2) is 38.9 Å². The van der Waals surface area contributed by atoms with Gasteiger partial charge in [-0.2, -0.15) is 5.10 Å². The van der Waals surface area contributed by atoms with E-state index in [1.54, 1.807) is 4.68 Å². The van der Waals surface area contributed by atoms with E-state index in [1.165, 1.54) is 30.3 Å². The number of anilines is 1. The number of rotatable bonds is 8. The van der Waals surface area contributed by atoms with Gasteiger partial charge in [0.2, 0.25) is 5.91 Å². The Kier molecular flexibility index (Phi) is 6.51. The molecule has 7 heteroatoms. The standard InChI is InChI=1S/C24H27N5OS/c1-16(2)17(3)9-12-19-13-22(29(28-19)20-7-5-4-6-8-20)27-23(30)15-31-24-25-14-21(26-24)18-10-11-18/h4-9,13,18H,1,10-12,14-15H2,2-3H3,(H,27,30)/b17-9-. The van der Waals surface area contributed by atoms with Crippen LogP contribution in [0.4, 0.5) is 5.82 Å². The minimum Gasteiger partial charge on any atom is -0.310 e. The summed E-state index contributed by atoms with van der Waals surface area (Å²) in [6.07, 6.45) is 5.22. The van der Waals surface area contributed by atoms with Crippen molar-refractivity contribution in [2.75, 3.05) is 17.6 Å². The molecule has 1 saturated carbocycles. The Labute approximate surface area is 187 Å². The molecule has 2 aromatic rings. The number of aliphatic imine (C=N–C) groups is 2. The molecule has 1 aromatic carbocycles. The van der Waals surface area contributed by atoms with Crippen molar-refractivity contribution in [3.63, 3.8) is 0 Å². The van der Waals surface area contributed by atoms with Crippen LogP contribution in [0.2, 0.25) is 0 Å². The van der Waals surface area contributed by atoms with Crippen molar-refractivity contribution < 1.29 is 4.79 Å². The topological polar surface area (TPSA) is 71.6 Å². The SMILES string of the molecule is C=C(C)/C(C)=C\Cc1cc(NC(=O)CSC2=NCC(C3CC3)=N2)n(-c2ccccc2)n1. The zero-order valence-corrected chi connectivity index (χ0v) is 18.8. The Hall–Kier alpha value is -2.93. The van der Waals surface area contributed by atoms with Crippen LogP contribution in [0.3, 0.4) is 0 Å². The lowest BCUT2D eigenvalue weighted by atomic mass is 10.1. The van der Waals surface area contributed by atoms with Crippen LogP contribution in [-0.2, 0) is 11.2 Å². The second kappa shape index (κ2) is 9.47. The minimum atomic E-state index is -0.0972. The van der Waals surface area contributed by atoms with Gasteiger partial charge in [0, 0.05) is 18.2 Å². The molecule has 0 unspecified atom stereocenters. The normalized spacial score (nSPS) is 16.1. The molecule has 2 heterocycles. The van der Waals surface area contributed by atoms with Crippen molar-refractivity contribution in [3.8, 4) is 5.69 Å². The number of hydrogen-bond acceptors (Lipinski definition) is 5. The average molecular weight is 434 g/mol. The van der Waals surface area contributed by atoms with Crippen molar-refractivity contribution in [1.29, 1.82) is 0 Å². The highest BCUT2D eigenvalue weighted by Gasteiger charge is 2.29. The summed E-state index contributed by atoms with van der Waals surface area (Å²) in [5, 5.41) is 8.44. The molecule has 1 aromatic heterocycles. The number of hydrogen-bond donors (Lipinski definition) is 1. The van der Waals surface area contributed by atoms with Gasteiger partial charge in [-0.15, -0.1) is 0 Å². The third-order valence-corrected chi connectivity index (χ3v) is 6.20. The first-order valence-electron chi connectivity index (χ1n) is 10.5. The Morgan fingerprint density at radius 3 is 2.77 bits per heavy atom. The molecule has 1 amide bonds. The number of para-hydroxylation sites is 1. The molecule has 1 aliphatic carbocycles. The fourth-order valence-corrected chi connectivity index (χ4v) is 3.85. The largest absolute Gasteiger partial charge is 0.310 e. The molecule has 2 aliphatic rings. The van der Waals surface area contributed by atoms with E-state index in [0.717, 1.165) is 27.7 Å². The highest BCUT2D eigenvalue weighted by Crippen LogP contribution is 2.32. The van der Waals surface area contributed by atoms with Gasteiger partial charge < -0.3 is 5.32 Å². The van der Waals surface area contributed by atoms with Crippen LogP contribution in [0.25, 0.3) is 5.69 Å².